The maximum atomic E-state index is 12.5. The first kappa shape index (κ1) is 18.9. The zero-order valence-corrected chi connectivity index (χ0v) is 16.2. The standard InChI is InChI=1S/C19H21N5O2S/c1-4-26-16-9-7-15(8-10-16)21-18(25)13(2)27-19-23-22-17(24(19)3)14-6-5-11-20-12-14/h5-13H,4H2,1-3H3,(H,21,25). The van der Waals surface area contributed by atoms with Crippen molar-refractivity contribution in [3.63, 3.8) is 0 Å². The van der Waals surface area contributed by atoms with Crippen LogP contribution in [0.5, 0.6) is 5.75 Å². The number of benzene rings is 1. The fourth-order valence-corrected chi connectivity index (χ4v) is 3.24. The van der Waals surface area contributed by atoms with Crippen LogP contribution in [-0.4, -0.2) is 37.5 Å². The van der Waals surface area contributed by atoms with Crippen molar-refractivity contribution in [2.45, 2.75) is 24.3 Å². The third-order valence-corrected chi connectivity index (χ3v) is 4.97. The molecule has 0 fully saturated rings. The molecule has 27 heavy (non-hydrogen) atoms. The number of rotatable bonds is 7. The maximum Gasteiger partial charge on any atom is 0.237 e. The molecule has 2 aromatic heterocycles. The SMILES string of the molecule is CCOc1ccc(NC(=O)C(C)Sc2nnc(-c3cccnc3)n2C)cc1. The lowest BCUT2D eigenvalue weighted by Gasteiger charge is -2.12. The molecule has 140 valence electrons. The lowest BCUT2D eigenvalue weighted by atomic mass is 10.3. The molecule has 3 rings (SSSR count). The number of carbonyl (C=O) groups is 1. The minimum atomic E-state index is -0.332. The highest BCUT2D eigenvalue weighted by Gasteiger charge is 2.19. The van der Waals surface area contributed by atoms with Crippen molar-refractivity contribution in [3.05, 3.63) is 48.8 Å². The van der Waals surface area contributed by atoms with E-state index in [0.717, 1.165) is 17.0 Å². The van der Waals surface area contributed by atoms with Gasteiger partial charge >= 0.3 is 0 Å². The third-order valence-electron chi connectivity index (χ3n) is 3.84. The second-order valence-electron chi connectivity index (χ2n) is 5.81. The highest BCUT2D eigenvalue weighted by Crippen LogP contribution is 2.26. The topological polar surface area (TPSA) is 81.9 Å². The van der Waals surface area contributed by atoms with Gasteiger partial charge in [-0.3, -0.25) is 9.78 Å². The van der Waals surface area contributed by atoms with Gasteiger partial charge in [0.15, 0.2) is 11.0 Å². The summed E-state index contributed by atoms with van der Waals surface area (Å²) in [6.45, 7) is 4.38. The van der Waals surface area contributed by atoms with Crippen molar-refractivity contribution in [1.82, 2.24) is 19.7 Å². The lowest BCUT2D eigenvalue weighted by Crippen LogP contribution is -2.22. The number of hydrogen-bond donors (Lipinski definition) is 1. The molecule has 1 aromatic carbocycles. The Morgan fingerprint density at radius 2 is 2.04 bits per heavy atom. The van der Waals surface area contributed by atoms with Crippen molar-refractivity contribution in [3.8, 4) is 17.1 Å². The minimum Gasteiger partial charge on any atom is -0.494 e. The summed E-state index contributed by atoms with van der Waals surface area (Å²) < 4.78 is 7.27. The van der Waals surface area contributed by atoms with Gasteiger partial charge in [-0.15, -0.1) is 10.2 Å². The largest absolute Gasteiger partial charge is 0.494 e. The van der Waals surface area contributed by atoms with Crippen molar-refractivity contribution >= 4 is 23.4 Å². The number of aromatic nitrogens is 4. The van der Waals surface area contributed by atoms with E-state index in [9.17, 15) is 4.79 Å². The number of anilines is 1. The highest BCUT2D eigenvalue weighted by atomic mass is 32.2. The highest BCUT2D eigenvalue weighted by molar-refractivity contribution is 8.00. The van der Waals surface area contributed by atoms with E-state index in [1.807, 2.05) is 61.9 Å². The van der Waals surface area contributed by atoms with Crippen LogP contribution in [0.3, 0.4) is 0 Å². The van der Waals surface area contributed by atoms with Gasteiger partial charge in [0.2, 0.25) is 5.91 Å². The Labute approximate surface area is 162 Å². The van der Waals surface area contributed by atoms with Crippen LogP contribution < -0.4 is 10.1 Å². The quantitative estimate of drug-likeness (QED) is 0.630. The van der Waals surface area contributed by atoms with Crippen LogP contribution >= 0.6 is 11.8 Å². The van der Waals surface area contributed by atoms with Crippen LogP contribution in [0.1, 0.15) is 13.8 Å². The van der Waals surface area contributed by atoms with E-state index < -0.39 is 0 Å². The molecule has 0 aliphatic carbocycles. The zero-order valence-electron chi connectivity index (χ0n) is 15.4. The van der Waals surface area contributed by atoms with Crippen molar-refractivity contribution < 1.29 is 9.53 Å². The van der Waals surface area contributed by atoms with Gasteiger partial charge in [0.25, 0.3) is 0 Å². The molecular weight excluding hydrogens is 362 g/mol. The van der Waals surface area contributed by atoms with Gasteiger partial charge in [0.1, 0.15) is 5.75 Å². The van der Waals surface area contributed by atoms with Gasteiger partial charge in [0, 0.05) is 30.7 Å². The van der Waals surface area contributed by atoms with E-state index in [0.29, 0.717) is 17.6 Å². The van der Waals surface area contributed by atoms with E-state index in [2.05, 4.69) is 20.5 Å². The summed E-state index contributed by atoms with van der Waals surface area (Å²) in [4.78, 5) is 16.6. The summed E-state index contributed by atoms with van der Waals surface area (Å²) in [6, 6.07) is 11.1. The summed E-state index contributed by atoms with van der Waals surface area (Å²) in [5.41, 5.74) is 1.61. The average Bonchev–Trinajstić information content (AvgIpc) is 3.04. The van der Waals surface area contributed by atoms with E-state index in [1.54, 1.807) is 12.4 Å². The number of ether oxygens (including phenoxy) is 1. The van der Waals surface area contributed by atoms with E-state index in [1.165, 1.54) is 11.8 Å². The molecular formula is C19H21N5O2S. The van der Waals surface area contributed by atoms with Gasteiger partial charge in [-0.1, -0.05) is 11.8 Å². The predicted molar refractivity (Wildman–Crippen MR) is 106 cm³/mol. The van der Waals surface area contributed by atoms with Crippen LogP contribution in [0, 0.1) is 0 Å². The molecule has 3 aromatic rings. The molecule has 7 nitrogen and oxygen atoms in total. The van der Waals surface area contributed by atoms with Crippen LogP contribution in [0.25, 0.3) is 11.4 Å². The van der Waals surface area contributed by atoms with Crippen LogP contribution in [-0.2, 0) is 11.8 Å². The van der Waals surface area contributed by atoms with Crippen molar-refractivity contribution in [2.75, 3.05) is 11.9 Å². The molecule has 1 amide bonds. The lowest BCUT2D eigenvalue weighted by molar-refractivity contribution is -0.115. The minimum absolute atomic E-state index is 0.102. The Morgan fingerprint density at radius 1 is 1.26 bits per heavy atom. The third kappa shape index (κ3) is 4.65. The summed E-state index contributed by atoms with van der Waals surface area (Å²) >= 11 is 1.36. The summed E-state index contributed by atoms with van der Waals surface area (Å²) in [5.74, 6) is 1.39. The van der Waals surface area contributed by atoms with E-state index in [4.69, 9.17) is 4.74 Å². The number of pyridine rings is 1. The second-order valence-corrected chi connectivity index (χ2v) is 7.12. The fourth-order valence-electron chi connectivity index (χ4n) is 2.42. The summed E-state index contributed by atoms with van der Waals surface area (Å²) in [7, 11) is 1.88. The molecule has 1 atom stereocenters. The molecule has 0 bridgehead atoms. The molecule has 2 heterocycles. The van der Waals surface area contributed by atoms with Gasteiger partial charge in [-0.05, 0) is 50.2 Å². The molecule has 0 spiro atoms. The molecule has 0 radical (unpaired) electrons. The second kappa shape index (κ2) is 8.68. The first-order chi connectivity index (χ1) is 13.1. The van der Waals surface area contributed by atoms with Gasteiger partial charge in [-0.2, -0.15) is 0 Å². The Morgan fingerprint density at radius 3 is 2.70 bits per heavy atom. The molecule has 0 aliphatic rings. The number of nitrogens with one attached hydrogen (secondary N) is 1. The van der Waals surface area contributed by atoms with Crippen LogP contribution in [0.4, 0.5) is 5.69 Å². The number of thioether (sulfide) groups is 1. The Kier molecular flexibility index (Phi) is 6.08. The Balaban J connectivity index is 1.64. The smallest absolute Gasteiger partial charge is 0.237 e. The molecule has 0 saturated carbocycles. The molecule has 1 N–H and O–H groups in total. The van der Waals surface area contributed by atoms with E-state index in [-0.39, 0.29) is 11.2 Å². The monoisotopic (exact) mass is 383 g/mol. The molecule has 1 unspecified atom stereocenters. The van der Waals surface area contributed by atoms with Gasteiger partial charge < -0.3 is 14.6 Å². The first-order valence-electron chi connectivity index (χ1n) is 8.58. The normalized spacial score (nSPS) is 11.8. The van der Waals surface area contributed by atoms with E-state index >= 15 is 0 Å². The number of hydrogen-bond acceptors (Lipinski definition) is 6. The fraction of sp³-hybridized carbons (Fsp3) is 0.263. The number of nitrogens with zero attached hydrogens (tertiary/aromatic N) is 4. The number of amides is 1. The summed E-state index contributed by atoms with van der Waals surface area (Å²) in [6.07, 6.45) is 3.45. The van der Waals surface area contributed by atoms with Crippen LogP contribution in [0.2, 0.25) is 0 Å². The summed E-state index contributed by atoms with van der Waals surface area (Å²) in [5, 5.41) is 11.7. The average molecular weight is 383 g/mol. The van der Waals surface area contributed by atoms with Gasteiger partial charge in [0.05, 0.1) is 11.9 Å². The Hall–Kier alpha value is -2.87. The predicted octanol–water partition coefficient (Wildman–Crippen LogP) is 3.40. The molecule has 8 heteroatoms. The molecule has 0 aliphatic heterocycles. The maximum absolute atomic E-state index is 12.5. The van der Waals surface area contributed by atoms with Gasteiger partial charge in [-0.25, -0.2) is 0 Å². The first-order valence-corrected chi connectivity index (χ1v) is 9.46. The van der Waals surface area contributed by atoms with Crippen molar-refractivity contribution in [1.29, 1.82) is 0 Å². The molecule has 0 saturated heterocycles. The van der Waals surface area contributed by atoms with Crippen LogP contribution in [0.15, 0.2) is 53.9 Å². The number of carbonyl (C=O) groups excluding carboxylic acids is 1. The zero-order chi connectivity index (χ0) is 19.2. The van der Waals surface area contributed by atoms with Crippen molar-refractivity contribution in [2.24, 2.45) is 7.05 Å². The Bertz CT molecular complexity index is 896.